The number of benzene rings is 2. The Bertz CT molecular complexity index is 1160. The molecule has 0 fully saturated rings. The van der Waals surface area contributed by atoms with Crippen molar-refractivity contribution < 1.29 is 19.0 Å². The average Bonchev–Trinajstić information content (AvgIpc) is 3.28. The first-order valence-corrected chi connectivity index (χ1v) is 10.2. The molecule has 3 aromatic rings. The Hall–Kier alpha value is -3.76. The fourth-order valence-corrected chi connectivity index (χ4v) is 3.98. The molecule has 1 aliphatic rings. The molecule has 1 atom stereocenters. The highest BCUT2D eigenvalue weighted by Crippen LogP contribution is 2.45. The van der Waals surface area contributed by atoms with E-state index >= 15 is 0 Å². The van der Waals surface area contributed by atoms with Gasteiger partial charge < -0.3 is 19.9 Å². The van der Waals surface area contributed by atoms with Gasteiger partial charge in [-0.3, -0.25) is 0 Å². The maximum Gasteiger partial charge on any atom is 0.353 e. The molecular formula is C23H18N2O4S. The first-order valence-electron chi connectivity index (χ1n) is 9.31. The molecule has 2 heterocycles. The van der Waals surface area contributed by atoms with Crippen molar-refractivity contribution in [1.29, 1.82) is 5.26 Å². The van der Waals surface area contributed by atoms with Crippen LogP contribution < -0.4 is 19.9 Å². The van der Waals surface area contributed by atoms with Gasteiger partial charge in [0.25, 0.3) is 0 Å². The Labute approximate surface area is 177 Å². The van der Waals surface area contributed by atoms with Gasteiger partial charge in [0, 0.05) is 17.2 Å². The number of hydrogen-bond donors (Lipinski definition) is 1. The van der Waals surface area contributed by atoms with Crippen molar-refractivity contribution >= 4 is 17.3 Å². The molecule has 0 saturated carbocycles. The third-order valence-electron chi connectivity index (χ3n) is 4.65. The van der Waals surface area contributed by atoms with Gasteiger partial charge in [0.1, 0.15) is 33.8 Å². The van der Waals surface area contributed by atoms with E-state index in [0.29, 0.717) is 34.3 Å². The van der Waals surface area contributed by atoms with E-state index in [1.165, 1.54) is 11.3 Å². The normalized spacial score (nSPS) is 15.0. The van der Waals surface area contributed by atoms with Crippen molar-refractivity contribution in [3.8, 4) is 23.3 Å². The number of para-hydroxylation sites is 1. The predicted molar refractivity (Wildman–Crippen MR) is 113 cm³/mol. The molecule has 2 N–H and O–H groups in total. The van der Waals surface area contributed by atoms with Crippen molar-refractivity contribution in [3.63, 3.8) is 0 Å². The molecule has 30 heavy (non-hydrogen) atoms. The van der Waals surface area contributed by atoms with Crippen LogP contribution in [0.3, 0.4) is 0 Å². The van der Waals surface area contributed by atoms with Crippen LogP contribution in [0.5, 0.6) is 17.2 Å². The van der Waals surface area contributed by atoms with E-state index in [9.17, 15) is 10.1 Å². The Morgan fingerprint density at radius 2 is 2.03 bits per heavy atom. The Morgan fingerprint density at radius 1 is 1.20 bits per heavy atom. The smallest absolute Gasteiger partial charge is 0.353 e. The van der Waals surface area contributed by atoms with E-state index in [0.717, 1.165) is 11.1 Å². The number of carbonyl (C=O) groups is 1. The van der Waals surface area contributed by atoms with Crippen LogP contribution in [-0.2, 0) is 0 Å². The van der Waals surface area contributed by atoms with Crippen LogP contribution in [0.2, 0.25) is 0 Å². The van der Waals surface area contributed by atoms with Crippen LogP contribution in [0.4, 0.5) is 0 Å². The van der Waals surface area contributed by atoms with Crippen molar-refractivity contribution in [3.05, 3.63) is 87.4 Å². The summed E-state index contributed by atoms with van der Waals surface area (Å²) in [6.07, 6.45) is 0. The third kappa shape index (κ3) is 3.61. The summed E-state index contributed by atoms with van der Waals surface area (Å²) in [6.45, 7) is 2.39. The van der Waals surface area contributed by atoms with Gasteiger partial charge in [-0.25, -0.2) is 4.79 Å². The number of nitrogens with zero attached hydrogens (tertiary/aromatic N) is 1. The van der Waals surface area contributed by atoms with E-state index in [4.69, 9.17) is 19.9 Å². The van der Waals surface area contributed by atoms with Crippen LogP contribution in [0.1, 0.15) is 33.6 Å². The number of rotatable bonds is 5. The molecule has 7 heteroatoms. The predicted octanol–water partition coefficient (Wildman–Crippen LogP) is 4.58. The van der Waals surface area contributed by atoms with Crippen molar-refractivity contribution in [2.24, 2.45) is 5.73 Å². The summed E-state index contributed by atoms with van der Waals surface area (Å²) in [5.41, 5.74) is 7.93. The van der Waals surface area contributed by atoms with E-state index in [1.54, 1.807) is 30.3 Å². The molecule has 0 spiro atoms. The largest absolute Gasteiger partial charge is 0.494 e. The molecule has 0 radical (unpaired) electrons. The maximum absolute atomic E-state index is 12.3. The SMILES string of the molecule is CCOc1ccccc1C1C(C#N)=C(N)Oc2cc(OC(=O)c3cccs3)ccc21. The zero-order valence-corrected chi connectivity index (χ0v) is 16.9. The van der Waals surface area contributed by atoms with Gasteiger partial charge in [0.15, 0.2) is 0 Å². The standard InChI is InChI=1S/C23H18N2O4S/c1-2-27-18-7-4-3-6-15(18)21-16-10-9-14(28-23(26)20-8-5-11-30-20)12-19(16)29-22(25)17(21)13-24/h3-12,21H,2,25H2,1H3. The van der Waals surface area contributed by atoms with Gasteiger partial charge in [-0.05, 0) is 30.5 Å². The zero-order valence-electron chi connectivity index (χ0n) is 16.1. The topological polar surface area (TPSA) is 94.6 Å². The molecule has 0 aliphatic carbocycles. The summed E-state index contributed by atoms with van der Waals surface area (Å²) in [4.78, 5) is 12.8. The molecule has 2 aromatic carbocycles. The fraction of sp³-hybridized carbons (Fsp3) is 0.130. The number of thiophene rings is 1. The van der Waals surface area contributed by atoms with Gasteiger partial charge in [-0.15, -0.1) is 11.3 Å². The minimum absolute atomic E-state index is 0.0167. The number of ether oxygens (including phenoxy) is 3. The summed E-state index contributed by atoms with van der Waals surface area (Å²) in [7, 11) is 0. The second kappa shape index (κ2) is 8.31. The van der Waals surface area contributed by atoms with E-state index in [1.807, 2.05) is 36.6 Å². The van der Waals surface area contributed by atoms with Gasteiger partial charge in [-0.2, -0.15) is 5.26 Å². The quantitative estimate of drug-likeness (QED) is 0.481. The van der Waals surface area contributed by atoms with Gasteiger partial charge in [0.05, 0.1) is 12.5 Å². The molecule has 4 rings (SSSR count). The Balaban J connectivity index is 1.75. The third-order valence-corrected chi connectivity index (χ3v) is 5.50. The summed E-state index contributed by atoms with van der Waals surface area (Å²) >= 11 is 1.30. The fourth-order valence-electron chi connectivity index (χ4n) is 3.38. The molecular weight excluding hydrogens is 400 g/mol. The summed E-state index contributed by atoms with van der Waals surface area (Å²) in [6, 6.07) is 18.2. The van der Waals surface area contributed by atoms with Crippen molar-refractivity contribution in [2.75, 3.05) is 6.61 Å². The van der Waals surface area contributed by atoms with Crippen molar-refractivity contribution in [1.82, 2.24) is 0 Å². The molecule has 0 amide bonds. The average molecular weight is 418 g/mol. The first kappa shape index (κ1) is 19.6. The molecule has 1 aliphatic heterocycles. The first-order chi connectivity index (χ1) is 14.6. The van der Waals surface area contributed by atoms with Crippen LogP contribution >= 0.6 is 11.3 Å². The minimum atomic E-state index is -0.455. The Kier molecular flexibility index (Phi) is 5.42. The molecule has 0 bridgehead atoms. The van der Waals surface area contributed by atoms with Crippen LogP contribution in [0.25, 0.3) is 0 Å². The highest BCUT2D eigenvalue weighted by Gasteiger charge is 2.33. The highest BCUT2D eigenvalue weighted by atomic mass is 32.1. The van der Waals surface area contributed by atoms with Gasteiger partial charge in [0.2, 0.25) is 5.88 Å². The molecule has 6 nitrogen and oxygen atoms in total. The lowest BCUT2D eigenvalue weighted by Gasteiger charge is -2.27. The molecule has 0 saturated heterocycles. The van der Waals surface area contributed by atoms with E-state index in [-0.39, 0.29) is 5.88 Å². The van der Waals surface area contributed by atoms with Crippen LogP contribution in [-0.4, -0.2) is 12.6 Å². The van der Waals surface area contributed by atoms with Crippen LogP contribution in [0, 0.1) is 11.3 Å². The number of nitrogens with two attached hydrogens (primary N) is 1. The lowest BCUT2D eigenvalue weighted by Crippen LogP contribution is -2.21. The molecule has 1 aromatic heterocycles. The monoisotopic (exact) mass is 418 g/mol. The zero-order chi connectivity index (χ0) is 21.1. The number of fused-ring (bicyclic) bond motifs is 1. The maximum atomic E-state index is 12.3. The number of nitriles is 1. The molecule has 150 valence electrons. The van der Waals surface area contributed by atoms with Crippen LogP contribution in [0.15, 0.2) is 71.4 Å². The van der Waals surface area contributed by atoms with Gasteiger partial charge >= 0.3 is 5.97 Å². The second-order valence-corrected chi connectivity index (χ2v) is 7.41. The number of esters is 1. The number of hydrogen-bond acceptors (Lipinski definition) is 7. The summed E-state index contributed by atoms with van der Waals surface area (Å²) in [5, 5.41) is 11.5. The van der Waals surface area contributed by atoms with E-state index in [2.05, 4.69) is 6.07 Å². The Morgan fingerprint density at radius 3 is 2.77 bits per heavy atom. The second-order valence-electron chi connectivity index (χ2n) is 6.46. The minimum Gasteiger partial charge on any atom is -0.494 e. The number of allylic oxidation sites excluding steroid dienone is 1. The number of carbonyl (C=O) groups excluding carboxylic acids is 1. The lowest BCUT2D eigenvalue weighted by atomic mass is 9.83. The van der Waals surface area contributed by atoms with Crippen molar-refractivity contribution in [2.45, 2.75) is 12.8 Å². The summed E-state index contributed by atoms with van der Waals surface area (Å²) in [5.74, 6) is 0.551. The lowest BCUT2D eigenvalue weighted by molar-refractivity contribution is 0.0739. The van der Waals surface area contributed by atoms with E-state index < -0.39 is 11.9 Å². The highest BCUT2D eigenvalue weighted by molar-refractivity contribution is 7.12. The summed E-state index contributed by atoms with van der Waals surface area (Å²) < 4.78 is 16.9. The molecule has 1 unspecified atom stereocenters. The van der Waals surface area contributed by atoms with Gasteiger partial charge in [-0.1, -0.05) is 30.3 Å².